The van der Waals surface area contributed by atoms with Gasteiger partial charge in [-0.05, 0) is 57.2 Å². The summed E-state index contributed by atoms with van der Waals surface area (Å²) in [6, 6.07) is 1.16. The number of nitrogens with zero attached hydrogens (tertiary/aromatic N) is 2. The summed E-state index contributed by atoms with van der Waals surface area (Å²) in [5.74, 6) is 1.45. The third kappa shape index (κ3) is 3.14. The number of hydrogen-bond acceptors (Lipinski definition) is 3. The lowest BCUT2D eigenvalue weighted by Crippen LogP contribution is -2.50. The third-order valence-corrected chi connectivity index (χ3v) is 6.17. The zero-order valence-electron chi connectivity index (χ0n) is 13.5. The third-order valence-electron chi connectivity index (χ3n) is 6.17. The van der Waals surface area contributed by atoms with Crippen LogP contribution < -0.4 is 5.73 Å². The Morgan fingerprint density at radius 3 is 2.47 bits per heavy atom. The van der Waals surface area contributed by atoms with Gasteiger partial charge in [0.15, 0.2) is 0 Å². The molecule has 1 heterocycles. The van der Waals surface area contributed by atoms with Gasteiger partial charge in [-0.3, -0.25) is 0 Å². The van der Waals surface area contributed by atoms with Crippen LogP contribution in [0, 0.1) is 17.3 Å². The first-order valence-corrected chi connectivity index (χ1v) is 7.96. The quantitative estimate of drug-likeness (QED) is 0.849. The summed E-state index contributed by atoms with van der Waals surface area (Å²) in [6.07, 6.45) is 3.84. The van der Waals surface area contributed by atoms with Crippen LogP contribution in [0.5, 0.6) is 0 Å². The Hall–Kier alpha value is -0.120. The molecule has 0 spiro atoms. The highest BCUT2D eigenvalue weighted by Gasteiger charge is 2.42. The van der Waals surface area contributed by atoms with Gasteiger partial charge in [0.05, 0.1) is 0 Å². The van der Waals surface area contributed by atoms with E-state index in [1.165, 1.54) is 38.9 Å². The second-order valence-electron chi connectivity index (χ2n) is 7.71. The van der Waals surface area contributed by atoms with Crippen LogP contribution in [0.1, 0.15) is 40.0 Å². The van der Waals surface area contributed by atoms with Crippen molar-refractivity contribution in [1.82, 2.24) is 9.80 Å². The smallest absolute Gasteiger partial charge is 0.0229 e. The maximum atomic E-state index is 6.27. The normalized spacial score (nSPS) is 39.9. The first kappa shape index (κ1) is 15.3. The fourth-order valence-corrected chi connectivity index (χ4v) is 3.98. The molecule has 3 heteroatoms. The second kappa shape index (κ2) is 5.71. The first-order chi connectivity index (χ1) is 8.82. The molecule has 4 atom stereocenters. The van der Waals surface area contributed by atoms with Crippen molar-refractivity contribution < 1.29 is 0 Å². The Balaban J connectivity index is 1.93. The van der Waals surface area contributed by atoms with E-state index < -0.39 is 0 Å². The molecule has 0 aromatic rings. The zero-order valence-corrected chi connectivity index (χ0v) is 13.5. The van der Waals surface area contributed by atoms with Gasteiger partial charge >= 0.3 is 0 Å². The van der Waals surface area contributed by atoms with Gasteiger partial charge in [-0.25, -0.2) is 0 Å². The van der Waals surface area contributed by atoms with Crippen LogP contribution in [0.2, 0.25) is 0 Å². The molecule has 3 nitrogen and oxygen atoms in total. The molecule has 0 radical (unpaired) electrons. The van der Waals surface area contributed by atoms with E-state index in [9.17, 15) is 0 Å². The standard InChI is InChI=1S/C16H33N3/c1-12-15(17)7-6-13(16(12,2)3)10-19-9-8-14(11-19)18(4)5/h12-15H,6-11,17H2,1-5H3. The minimum Gasteiger partial charge on any atom is -0.327 e. The number of rotatable bonds is 3. The average molecular weight is 267 g/mol. The number of hydrogen-bond donors (Lipinski definition) is 1. The molecule has 4 unspecified atom stereocenters. The summed E-state index contributed by atoms with van der Waals surface area (Å²) in [7, 11) is 4.42. The summed E-state index contributed by atoms with van der Waals surface area (Å²) in [5, 5.41) is 0. The lowest BCUT2D eigenvalue weighted by molar-refractivity contribution is 0.0323. The fraction of sp³-hybridized carbons (Fsp3) is 1.00. The second-order valence-corrected chi connectivity index (χ2v) is 7.71. The lowest BCUT2D eigenvalue weighted by Gasteiger charge is -2.48. The van der Waals surface area contributed by atoms with Gasteiger partial charge in [0, 0.05) is 25.2 Å². The van der Waals surface area contributed by atoms with Gasteiger partial charge < -0.3 is 15.5 Å². The molecule has 0 aromatic carbocycles. The van der Waals surface area contributed by atoms with Crippen LogP contribution >= 0.6 is 0 Å². The molecule has 0 aromatic heterocycles. The highest BCUT2D eigenvalue weighted by molar-refractivity contribution is 4.95. The van der Waals surface area contributed by atoms with Crippen molar-refractivity contribution in [3.8, 4) is 0 Å². The SMILES string of the molecule is CC1C(N)CCC(CN2CCC(N(C)C)C2)C1(C)C. The van der Waals surface area contributed by atoms with Gasteiger partial charge in [-0.2, -0.15) is 0 Å². The van der Waals surface area contributed by atoms with Gasteiger partial charge in [-0.1, -0.05) is 20.8 Å². The maximum absolute atomic E-state index is 6.27. The Morgan fingerprint density at radius 2 is 1.89 bits per heavy atom. The number of likely N-dealkylation sites (tertiary alicyclic amines) is 1. The van der Waals surface area contributed by atoms with Crippen LogP contribution in [0.25, 0.3) is 0 Å². The van der Waals surface area contributed by atoms with Crippen LogP contribution in [-0.2, 0) is 0 Å². The maximum Gasteiger partial charge on any atom is 0.0229 e. The zero-order chi connectivity index (χ0) is 14.2. The van der Waals surface area contributed by atoms with Crippen LogP contribution in [0.3, 0.4) is 0 Å². The Bertz CT molecular complexity index is 300. The molecule has 1 aliphatic carbocycles. The van der Waals surface area contributed by atoms with E-state index in [4.69, 9.17) is 5.73 Å². The van der Waals surface area contributed by atoms with Crippen molar-refractivity contribution in [3.63, 3.8) is 0 Å². The monoisotopic (exact) mass is 267 g/mol. The van der Waals surface area contributed by atoms with Crippen molar-refractivity contribution in [2.24, 2.45) is 23.0 Å². The Labute approximate surface area is 119 Å². The van der Waals surface area contributed by atoms with Crippen molar-refractivity contribution >= 4 is 0 Å². The molecule has 19 heavy (non-hydrogen) atoms. The van der Waals surface area contributed by atoms with E-state index >= 15 is 0 Å². The molecule has 112 valence electrons. The predicted octanol–water partition coefficient (Wildman–Crippen LogP) is 2.02. The topological polar surface area (TPSA) is 32.5 Å². The fourth-order valence-electron chi connectivity index (χ4n) is 3.98. The molecule has 2 rings (SSSR count). The Kier molecular flexibility index (Phi) is 4.59. The Morgan fingerprint density at radius 1 is 1.21 bits per heavy atom. The molecule has 2 fully saturated rings. The van der Waals surface area contributed by atoms with Crippen LogP contribution in [-0.4, -0.2) is 55.6 Å². The summed E-state index contributed by atoms with van der Waals surface area (Å²) < 4.78 is 0. The van der Waals surface area contributed by atoms with Crippen molar-refractivity contribution in [2.45, 2.75) is 52.1 Å². The van der Waals surface area contributed by atoms with E-state index in [-0.39, 0.29) is 0 Å². The van der Waals surface area contributed by atoms with Gasteiger partial charge in [0.2, 0.25) is 0 Å². The molecule has 1 saturated heterocycles. The van der Waals surface area contributed by atoms with Gasteiger partial charge in [-0.15, -0.1) is 0 Å². The van der Waals surface area contributed by atoms with E-state index in [0.717, 1.165) is 12.0 Å². The van der Waals surface area contributed by atoms with Gasteiger partial charge in [0.25, 0.3) is 0 Å². The summed E-state index contributed by atoms with van der Waals surface area (Å²) in [5.41, 5.74) is 6.65. The molecular weight excluding hydrogens is 234 g/mol. The van der Waals surface area contributed by atoms with E-state index in [2.05, 4.69) is 44.7 Å². The summed E-state index contributed by atoms with van der Waals surface area (Å²) >= 11 is 0. The van der Waals surface area contributed by atoms with Crippen LogP contribution in [0.4, 0.5) is 0 Å². The predicted molar refractivity (Wildman–Crippen MR) is 82.2 cm³/mol. The van der Waals surface area contributed by atoms with E-state index in [0.29, 0.717) is 17.4 Å². The molecule has 0 bridgehead atoms. The molecule has 2 aliphatic rings. The highest BCUT2D eigenvalue weighted by Crippen LogP contribution is 2.44. The van der Waals surface area contributed by atoms with Crippen molar-refractivity contribution in [1.29, 1.82) is 0 Å². The van der Waals surface area contributed by atoms with Crippen LogP contribution in [0.15, 0.2) is 0 Å². The van der Waals surface area contributed by atoms with E-state index in [1.807, 2.05) is 0 Å². The van der Waals surface area contributed by atoms with Crippen molar-refractivity contribution in [3.05, 3.63) is 0 Å². The van der Waals surface area contributed by atoms with E-state index in [1.54, 1.807) is 0 Å². The largest absolute Gasteiger partial charge is 0.327 e. The minimum atomic E-state index is 0.383. The summed E-state index contributed by atoms with van der Waals surface area (Å²) in [6.45, 7) is 11.0. The average Bonchev–Trinajstić information content (AvgIpc) is 2.79. The first-order valence-electron chi connectivity index (χ1n) is 7.96. The minimum absolute atomic E-state index is 0.383. The van der Waals surface area contributed by atoms with Crippen molar-refractivity contribution in [2.75, 3.05) is 33.7 Å². The lowest BCUT2D eigenvalue weighted by atomic mass is 9.61. The molecule has 1 aliphatic heterocycles. The number of likely N-dealkylation sites (N-methyl/N-ethyl adjacent to an activating group) is 1. The molecule has 0 amide bonds. The van der Waals surface area contributed by atoms with Gasteiger partial charge in [0.1, 0.15) is 0 Å². The molecular formula is C16H33N3. The number of nitrogens with two attached hydrogens (primary N) is 1. The summed E-state index contributed by atoms with van der Waals surface area (Å²) in [4.78, 5) is 5.06. The highest BCUT2D eigenvalue weighted by atomic mass is 15.2. The molecule has 2 N–H and O–H groups in total. The molecule has 1 saturated carbocycles.